The summed E-state index contributed by atoms with van der Waals surface area (Å²) in [5, 5.41) is 11.0. The van der Waals surface area contributed by atoms with E-state index in [1.807, 2.05) is 0 Å². The summed E-state index contributed by atoms with van der Waals surface area (Å²) in [5.74, 6) is 0. The second kappa shape index (κ2) is 11.2. The summed E-state index contributed by atoms with van der Waals surface area (Å²) in [4.78, 5) is 0. The smallest absolute Gasteiger partial charge is 0.0971 e. The van der Waals surface area contributed by atoms with Gasteiger partial charge in [-0.1, -0.05) is 40.0 Å². The van der Waals surface area contributed by atoms with E-state index in [9.17, 15) is 0 Å². The van der Waals surface area contributed by atoms with Crippen LogP contribution in [-0.2, 0) is 0 Å². The van der Waals surface area contributed by atoms with E-state index in [-0.39, 0.29) is 5.41 Å². The summed E-state index contributed by atoms with van der Waals surface area (Å²) < 4.78 is 0. The van der Waals surface area contributed by atoms with Gasteiger partial charge in [0.15, 0.2) is 0 Å². The molecule has 0 bridgehead atoms. The van der Waals surface area contributed by atoms with Gasteiger partial charge < -0.3 is 0 Å². The van der Waals surface area contributed by atoms with Crippen LogP contribution in [0.2, 0.25) is 0 Å². The Kier molecular flexibility index (Phi) is 11.3. The molecular weight excluding hydrogens is 226 g/mol. The van der Waals surface area contributed by atoms with Crippen LogP contribution in [0.5, 0.6) is 0 Å². The van der Waals surface area contributed by atoms with Crippen molar-refractivity contribution in [3.05, 3.63) is 0 Å². The Morgan fingerprint density at radius 3 is 1.24 bits per heavy atom. The van der Waals surface area contributed by atoms with Crippen molar-refractivity contribution in [1.82, 2.24) is 16.0 Å². The second-order valence-electron chi connectivity index (χ2n) is 4.97. The lowest BCUT2D eigenvalue weighted by Crippen LogP contribution is -2.67. The van der Waals surface area contributed by atoms with Crippen molar-refractivity contribution in [2.75, 3.05) is 19.6 Å². The molecule has 3 N–H and O–H groups in total. The fourth-order valence-corrected chi connectivity index (χ4v) is 2.48. The van der Waals surface area contributed by atoms with E-state index in [1.165, 1.54) is 38.5 Å². The predicted octanol–water partition coefficient (Wildman–Crippen LogP) is 1.13. The predicted molar refractivity (Wildman–Crippen MR) is 81.4 cm³/mol. The standard InChI is InChI=1S/C13H33N3Si/c1-4-7-10-14-13(17,15-11-8-5-2)16-12-9-6-3/h14-16H,4-12H2,1-3,17H3. The zero-order valence-electron chi connectivity index (χ0n) is 12.4. The van der Waals surface area contributed by atoms with Crippen molar-refractivity contribution < 1.29 is 0 Å². The number of rotatable bonds is 12. The maximum atomic E-state index is 3.65. The number of hydrogen-bond acceptors (Lipinski definition) is 3. The molecule has 104 valence electrons. The van der Waals surface area contributed by atoms with Crippen LogP contribution in [0.1, 0.15) is 59.3 Å². The molecule has 0 saturated carbocycles. The van der Waals surface area contributed by atoms with Gasteiger partial charge in [0.25, 0.3) is 0 Å². The lowest BCUT2D eigenvalue weighted by atomic mass is 10.3. The van der Waals surface area contributed by atoms with E-state index < -0.39 is 0 Å². The molecule has 0 amide bonds. The molecule has 0 aromatic carbocycles. The molecule has 0 aliphatic carbocycles. The van der Waals surface area contributed by atoms with Gasteiger partial charge >= 0.3 is 0 Å². The van der Waals surface area contributed by atoms with Crippen LogP contribution in [-0.4, -0.2) is 35.3 Å². The molecule has 17 heavy (non-hydrogen) atoms. The highest BCUT2D eigenvalue weighted by Gasteiger charge is 2.20. The van der Waals surface area contributed by atoms with Crippen molar-refractivity contribution >= 4 is 10.2 Å². The van der Waals surface area contributed by atoms with Gasteiger partial charge in [-0.2, -0.15) is 0 Å². The molecule has 0 aliphatic heterocycles. The molecule has 0 fully saturated rings. The molecule has 0 aromatic rings. The molecule has 0 radical (unpaired) electrons. The highest BCUT2D eigenvalue weighted by atomic mass is 28.1. The van der Waals surface area contributed by atoms with Crippen LogP contribution >= 0.6 is 0 Å². The fourth-order valence-electron chi connectivity index (χ4n) is 1.73. The first-order valence-electron chi connectivity index (χ1n) is 7.43. The van der Waals surface area contributed by atoms with Crippen molar-refractivity contribution in [2.24, 2.45) is 0 Å². The lowest BCUT2D eigenvalue weighted by Gasteiger charge is -2.34. The van der Waals surface area contributed by atoms with Gasteiger partial charge in [0.05, 0.1) is 15.7 Å². The minimum atomic E-state index is 0.0412. The Morgan fingerprint density at radius 1 is 0.706 bits per heavy atom. The van der Waals surface area contributed by atoms with Crippen LogP contribution in [0.4, 0.5) is 0 Å². The lowest BCUT2D eigenvalue weighted by molar-refractivity contribution is 0.299. The molecule has 4 heteroatoms. The number of hydrogen-bond donors (Lipinski definition) is 3. The Hall–Kier alpha value is 0.0969. The topological polar surface area (TPSA) is 36.1 Å². The molecule has 0 atom stereocenters. The molecule has 0 heterocycles. The Labute approximate surface area is 111 Å². The molecule has 0 aliphatic rings. The van der Waals surface area contributed by atoms with Gasteiger partial charge in [0.1, 0.15) is 0 Å². The van der Waals surface area contributed by atoms with Gasteiger partial charge in [-0.05, 0) is 38.9 Å². The van der Waals surface area contributed by atoms with E-state index in [1.54, 1.807) is 0 Å². The van der Waals surface area contributed by atoms with Crippen LogP contribution < -0.4 is 16.0 Å². The first-order valence-corrected chi connectivity index (χ1v) is 8.43. The Bertz CT molecular complexity index is 138. The van der Waals surface area contributed by atoms with Crippen LogP contribution in [0, 0.1) is 0 Å². The summed E-state index contributed by atoms with van der Waals surface area (Å²) >= 11 is 0. The summed E-state index contributed by atoms with van der Waals surface area (Å²) in [6, 6.07) is 0. The Morgan fingerprint density at radius 2 is 1.00 bits per heavy atom. The molecule has 0 aromatic heterocycles. The average Bonchev–Trinajstić information content (AvgIpc) is 2.30. The average molecular weight is 260 g/mol. The normalized spacial score (nSPS) is 12.2. The summed E-state index contributed by atoms with van der Waals surface area (Å²) in [6.45, 7) is 10.1. The maximum absolute atomic E-state index is 3.65. The third-order valence-electron chi connectivity index (χ3n) is 3.03. The van der Waals surface area contributed by atoms with E-state index in [0.29, 0.717) is 0 Å². The summed E-state index contributed by atoms with van der Waals surface area (Å²) in [6.07, 6.45) is 7.55. The van der Waals surface area contributed by atoms with Gasteiger partial charge in [-0.25, -0.2) is 0 Å². The SMILES string of the molecule is CCCCNC([SiH3])(NCCCC)NCCCC. The highest BCUT2D eigenvalue weighted by molar-refractivity contribution is 6.14. The van der Waals surface area contributed by atoms with Crippen LogP contribution in [0.25, 0.3) is 0 Å². The van der Waals surface area contributed by atoms with E-state index in [4.69, 9.17) is 0 Å². The fraction of sp³-hybridized carbons (Fsp3) is 1.00. The summed E-state index contributed by atoms with van der Waals surface area (Å²) in [5.41, 5.74) is 0.0412. The highest BCUT2D eigenvalue weighted by Crippen LogP contribution is 1.95. The van der Waals surface area contributed by atoms with E-state index in [0.717, 1.165) is 29.9 Å². The molecule has 3 nitrogen and oxygen atoms in total. The molecular formula is C13H33N3Si. The first kappa shape index (κ1) is 17.1. The zero-order valence-corrected chi connectivity index (χ0v) is 14.4. The molecule has 0 spiro atoms. The maximum Gasteiger partial charge on any atom is 0.0971 e. The zero-order chi connectivity index (χ0) is 13.0. The molecule has 0 rings (SSSR count). The largest absolute Gasteiger partial charge is 0.291 e. The van der Waals surface area contributed by atoms with E-state index in [2.05, 4.69) is 36.7 Å². The number of unbranched alkanes of at least 4 members (excludes halogenated alkanes) is 3. The Balaban J connectivity index is 3.95. The van der Waals surface area contributed by atoms with Gasteiger partial charge in [0.2, 0.25) is 0 Å². The van der Waals surface area contributed by atoms with Crippen molar-refractivity contribution in [3.8, 4) is 0 Å². The monoisotopic (exact) mass is 259 g/mol. The van der Waals surface area contributed by atoms with Gasteiger partial charge in [0, 0.05) is 0 Å². The third-order valence-corrected chi connectivity index (χ3v) is 4.09. The van der Waals surface area contributed by atoms with Crippen LogP contribution in [0.3, 0.4) is 0 Å². The molecule has 0 unspecified atom stereocenters. The van der Waals surface area contributed by atoms with Crippen molar-refractivity contribution in [2.45, 2.75) is 64.7 Å². The van der Waals surface area contributed by atoms with Crippen molar-refractivity contribution in [1.29, 1.82) is 0 Å². The molecule has 0 saturated heterocycles. The summed E-state index contributed by atoms with van der Waals surface area (Å²) in [7, 11) is 1.09. The van der Waals surface area contributed by atoms with E-state index >= 15 is 0 Å². The second-order valence-corrected chi connectivity index (χ2v) is 6.47. The quantitative estimate of drug-likeness (QED) is 0.279. The minimum absolute atomic E-state index is 0.0412. The first-order chi connectivity index (χ1) is 8.18. The third kappa shape index (κ3) is 9.77. The van der Waals surface area contributed by atoms with Crippen molar-refractivity contribution in [3.63, 3.8) is 0 Å². The van der Waals surface area contributed by atoms with Gasteiger partial charge in [-0.3, -0.25) is 16.0 Å². The number of nitrogens with one attached hydrogen (secondary N) is 3. The van der Waals surface area contributed by atoms with Crippen LogP contribution in [0.15, 0.2) is 0 Å². The van der Waals surface area contributed by atoms with Gasteiger partial charge in [-0.15, -0.1) is 0 Å². The minimum Gasteiger partial charge on any atom is -0.291 e.